The van der Waals surface area contributed by atoms with Crippen molar-refractivity contribution in [3.05, 3.63) is 0 Å². The summed E-state index contributed by atoms with van der Waals surface area (Å²) >= 11 is 0. The lowest BCUT2D eigenvalue weighted by atomic mass is 9.65. The zero-order valence-corrected chi connectivity index (χ0v) is 12.5. The minimum absolute atomic E-state index is 0.161. The van der Waals surface area contributed by atoms with Gasteiger partial charge in [0.1, 0.15) is 0 Å². The fourth-order valence-corrected chi connectivity index (χ4v) is 4.03. The van der Waals surface area contributed by atoms with Crippen LogP contribution < -0.4 is 0 Å². The third-order valence-corrected chi connectivity index (χ3v) is 6.78. The minimum Gasteiger partial charge on any atom is -0.212 e. The Hall–Kier alpha value is 0.240. The summed E-state index contributed by atoms with van der Waals surface area (Å²) in [4.78, 5) is 0. The molecule has 16 heavy (non-hydrogen) atoms. The molecule has 0 aliphatic heterocycles. The van der Waals surface area contributed by atoms with Crippen molar-refractivity contribution in [3.8, 4) is 0 Å². The van der Waals surface area contributed by atoms with Crippen LogP contribution in [0.2, 0.25) is 0 Å². The standard InChI is InChI=1S/C12H23ClO2S/c1-9-6-10(8-11(2,3)7-9)12(4,5)16(13,14)15/h9-10H,6-8H2,1-5H3. The van der Waals surface area contributed by atoms with Gasteiger partial charge in [-0.25, -0.2) is 8.42 Å². The van der Waals surface area contributed by atoms with Gasteiger partial charge >= 0.3 is 0 Å². The van der Waals surface area contributed by atoms with Crippen LogP contribution >= 0.6 is 10.7 Å². The van der Waals surface area contributed by atoms with Gasteiger partial charge in [-0.1, -0.05) is 20.8 Å². The van der Waals surface area contributed by atoms with E-state index in [2.05, 4.69) is 20.8 Å². The van der Waals surface area contributed by atoms with Crippen LogP contribution in [-0.4, -0.2) is 13.2 Å². The number of halogens is 1. The van der Waals surface area contributed by atoms with Crippen LogP contribution in [0, 0.1) is 17.3 Å². The van der Waals surface area contributed by atoms with Gasteiger partial charge in [0.2, 0.25) is 9.05 Å². The minimum atomic E-state index is -3.50. The second-order valence-corrected chi connectivity index (χ2v) is 9.80. The summed E-state index contributed by atoms with van der Waals surface area (Å²) in [6, 6.07) is 0. The van der Waals surface area contributed by atoms with Crippen molar-refractivity contribution in [1.82, 2.24) is 0 Å². The molecule has 0 heterocycles. The van der Waals surface area contributed by atoms with Crippen molar-refractivity contribution in [3.63, 3.8) is 0 Å². The SMILES string of the molecule is CC1CC(C(C)(C)S(=O)(=O)Cl)CC(C)(C)C1. The van der Waals surface area contributed by atoms with Gasteiger partial charge in [-0.05, 0) is 50.4 Å². The van der Waals surface area contributed by atoms with Crippen LogP contribution in [0.3, 0.4) is 0 Å². The van der Waals surface area contributed by atoms with Gasteiger partial charge in [0, 0.05) is 10.7 Å². The van der Waals surface area contributed by atoms with Gasteiger partial charge < -0.3 is 0 Å². The average molecular weight is 267 g/mol. The lowest BCUT2D eigenvalue weighted by Crippen LogP contribution is -2.43. The van der Waals surface area contributed by atoms with Gasteiger partial charge in [-0.2, -0.15) is 0 Å². The van der Waals surface area contributed by atoms with Crippen LogP contribution in [-0.2, 0) is 9.05 Å². The van der Waals surface area contributed by atoms with E-state index in [-0.39, 0.29) is 11.3 Å². The molecular formula is C12H23ClO2S. The first-order valence-electron chi connectivity index (χ1n) is 5.90. The Bertz CT molecular complexity index is 357. The van der Waals surface area contributed by atoms with E-state index in [1.54, 1.807) is 13.8 Å². The van der Waals surface area contributed by atoms with Crippen molar-refractivity contribution in [2.45, 2.75) is 58.6 Å². The van der Waals surface area contributed by atoms with Gasteiger partial charge in [-0.15, -0.1) is 0 Å². The number of hydrogen-bond acceptors (Lipinski definition) is 2. The molecule has 2 nitrogen and oxygen atoms in total. The molecule has 0 amide bonds. The quantitative estimate of drug-likeness (QED) is 0.713. The van der Waals surface area contributed by atoms with Gasteiger partial charge in [-0.3, -0.25) is 0 Å². The van der Waals surface area contributed by atoms with Gasteiger partial charge in [0.15, 0.2) is 0 Å². The molecule has 0 spiro atoms. The molecule has 0 saturated heterocycles. The molecule has 1 saturated carbocycles. The fraction of sp³-hybridized carbons (Fsp3) is 1.00. The Labute approximate surface area is 104 Å². The topological polar surface area (TPSA) is 34.1 Å². The summed E-state index contributed by atoms with van der Waals surface area (Å²) < 4.78 is 22.5. The van der Waals surface area contributed by atoms with E-state index in [1.807, 2.05) is 0 Å². The average Bonchev–Trinajstić information content (AvgIpc) is 1.97. The van der Waals surface area contributed by atoms with Gasteiger partial charge in [0.05, 0.1) is 4.75 Å². The highest BCUT2D eigenvalue weighted by molar-refractivity contribution is 8.14. The maximum Gasteiger partial charge on any atom is 0.238 e. The summed E-state index contributed by atoms with van der Waals surface area (Å²) in [6.45, 7) is 10.1. The highest BCUT2D eigenvalue weighted by Crippen LogP contribution is 2.48. The summed E-state index contributed by atoms with van der Waals surface area (Å²) in [5.74, 6) is 0.736. The Morgan fingerprint density at radius 2 is 1.75 bits per heavy atom. The molecule has 1 aliphatic carbocycles. The van der Waals surface area contributed by atoms with E-state index < -0.39 is 13.8 Å². The first-order valence-corrected chi connectivity index (χ1v) is 8.21. The molecule has 2 atom stereocenters. The summed E-state index contributed by atoms with van der Waals surface area (Å²) in [5, 5.41) is 0. The highest BCUT2D eigenvalue weighted by Gasteiger charge is 2.46. The summed E-state index contributed by atoms with van der Waals surface area (Å²) in [7, 11) is 2.07. The smallest absolute Gasteiger partial charge is 0.212 e. The Morgan fingerprint density at radius 3 is 2.12 bits per heavy atom. The van der Waals surface area contributed by atoms with E-state index in [9.17, 15) is 8.42 Å². The van der Waals surface area contributed by atoms with E-state index in [0.29, 0.717) is 5.92 Å². The number of rotatable bonds is 2. The Kier molecular flexibility index (Phi) is 3.72. The third kappa shape index (κ3) is 2.92. The lowest BCUT2D eigenvalue weighted by molar-refractivity contribution is 0.113. The maximum atomic E-state index is 11.6. The van der Waals surface area contributed by atoms with Crippen LogP contribution in [0.1, 0.15) is 53.9 Å². The first-order chi connectivity index (χ1) is 6.96. The van der Waals surface area contributed by atoms with E-state index in [0.717, 1.165) is 12.8 Å². The molecule has 0 aromatic heterocycles. The summed E-state index contributed by atoms with van der Waals surface area (Å²) in [6.07, 6.45) is 3.07. The van der Waals surface area contributed by atoms with Crippen LogP contribution in [0.25, 0.3) is 0 Å². The Balaban J connectivity index is 2.97. The molecule has 0 aromatic carbocycles. The summed E-state index contributed by atoms with van der Waals surface area (Å²) in [5.41, 5.74) is 0.223. The van der Waals surface area contributed by atoms with E-state index >= 15 is 0 Å². The molecule has 0 radical (unpaired) electrons. The van der Waals surface area contributed by atoms with Crippen molar-refractivity contribution in [2.24, 2.45) is 17.3 Å². The fourth-order valence-electron chi connectivity index (χ4n) is 3.07. The maximum absolute atomic E-state index is 11.6. The molecular weight excluding hydrogens is 244 g/mol. The molecule has 0 aromatic rings. The normalized spacial score (nSPS) is 31.4. The van der Waals surface area contributed by atoms with Crippen LogP contribution in [0.15, 0.2) is 0 Å². The predicted molar refractivity (Wildman–Crippen MR) is 69.1 cm³/mol. The zero-order valence-electron chi connectivity index (χ0n) is 10.9. The van der Waals surface area contributed by atoms with Crippen molar-refractivity contribution in [2.75, 3.05) is 0 Å². The van der Waals surface area contributed by atoms with E-state index in [4.69, 9.17) is 10.7 Å². The zero-order chi connectivity index (χ0) is 12.8. The molecule has 0 bridgehead atoms. The van der Waals surface area contributed by atoms with Gasteiger partial charge in [0.25, 0.3) is 0 Å². The second-order valence-electron chi connectivity index (χ2n) is 6.65. The Morgan fingerprint density at radius 1 is 1.25 bits per heavy atom. The van der Waals surface area contributed by atoms with Crippen molar-refractivity contribution in [1.29, 1.82) is 0 Å². The highest BCUT2D eigenvalue weighted by atomic mass is 35.7. The monoisotopic (exact) mass is 266 g/mol. The molecule has 1 rings (SSSR count). The molecule has 0 N–H and O–H groups in total. The predicted octanol–water partition coefficient (Wildman–Crippen LogP) is 3.80. The molecule has 96 valence electrons. The van der Waals surface area contributed by atoms with Crippen LogP contribution in [0.5, 0.6) is 0 Å². The molecule has 1 aliphatic rings. The largest absolute Gasteiger partial charge is 0.238 e. The lowest BCUT2D eigenvalue weighted by Gasteiger charge is -2.44. The second kappa shape index (κ2) is 4.16. The first kappa shape index (κ1) is 14.3. The molecule has 2 unspecified atom stereocenters. The molecule has 4 heteroatoms. The molecule has 1 fully saturated rings. The van der Waals surface area contributed by atoms with Crippen molar-refractivity contribution >= 4 is 19.7 Å². The van der Waals surface area contributed by atoms with Crippen molar-refractivity contribution < 1.29 is 8.42 Å². The third-order valence-electron chi connectivity index (χ3n) is 4.00. The van der Waals surface area contributed by atoms with E-state index in [1.165, 1.54) is 6.42 Å². The number of hydrogen-bond donors (Lipinski definition) is 0. The van der Waals surface area contributed by atoms with Crippen LogP contribution in [0.4, 0.5) is 0 Å².